The molecule has 0 aromatic heterocycles. The highest BCUT2D eigenvalue weighted by Gasteiger charge is 2.41. The van der Waals surface area contributed by atoms with Gasteiger partial charge in [-0.1, -0.05) is 48.0 Å². The van der Waals surface area contributed by atoms with E-state index in [9.17, 15) is 9.59 Å². The van der Waals surface area contributed by atoms with Crippen LogP contribution in [0.15, 0.2) is 0 Å². The van der Waals surface area contributed by atoms with Gasteiger partial charge in [0.1, 0.15) is 13.4 Å². The fourth-order valence-electron chi connectivity index (χ4n) is 3.48. The third kappa shape index (κ3) is 5.68. The Morgan fingerprint density at radius 2 is 1.88 bits per heavy atom. The minimum absolute atomic E-state index is 0.0200. The number of carbonyl (C=O) groups excluding carboxylic acids is 2. The van der Waals surface area contributed by atoms with Gasteiger partial charge < -0.3 is 14.2 Å². The van der Waals surface area contributed by atoms with E-state index in [1.54, 1.807) is 7.11 Å². The van der Waals surface area contributed by atoms with Crippen LogP contribution in [0.4, 0.5) is 4.79 Å². The van der Waals surface area contributed by atoms with E-state index in [-0.39, 0.29) is 49.2 Å². The largest absolute Gasteiger partial charge is 0.447 e. The maximum Gasteiger partial charge on any atom is 0.416 e. The van der Waals surface area contributed by atoms with Crippen molar-refractivity contribution in [1.29, 1.82) is 0 Å². The van der Waals surface area contributed by atoms with Crippen molar-refractivity contribution in [3.05, 3.63) is 0 Å². The lowest BCUT2D eigenvalue weighted by molar-refractivity contribution is -0.136. The lowest BCUT2D eigenvalue weighted by Crippen LogP contribution is -2.45. The number of imide groups is 1. The van der Waals surface area contributed by atoms with Gasteiger partial charge in [0.05, 0.1) is 12.1 Å². The van der Waals surface area contributed by atoms with Gasteiger partial charge in [0, 0.05) is 13.0 Å². The van der Waals surface area contributed by atoms with Gasteiger partial charge in [0.15, 0.2) is 0 Å². The highest BCUT2D eigenvalue weighted by molar-refractivity contribution is 5.94. The Balaban J connectivity index is 2.75. The molecule has 1 unspecified atom stereocenters. The van der Waals surface area contributed by atoms with E-state index >= 15 is 0 Å². The Morgan fingerprint density at radius 3 is 2.40 bits per heavy atom. The number of ether oxygens (including phenoxy) is 3. The van der Waals surface area contributed by atoms with Crippen molar-refractivity contribution in [2.45, 2.75) is 66.5 Å². The van der Waals surface area contributed by atoms with E-state index in [2.05, 4.69) is 20.8 Å². The Hall–Kier alpha value is -1.14. The summed E-state index contributed by atoms with van der Waals surface area (Å²) in [7, 11) is 1.61. The SMILES string of the molecule is CC[C@@H](C)[C@@H](OCOC)[C@@H](C)CC(C)C(=O)N1C(=O)OC[C@@H]1C(C)C. The normalized spacial score (nSPS) is 22.6. The number of nitrogens with zero attached hydrogens (tertiary/aromatic N) is 1. The van der Waals surface area contributed by atoms with Gasteiger partial charge in [-0.2, -0.15) is 0 Å². The summed E-state index contributed by atoms with van der Waals surface area (Å²) in [6.45, 7) is 12.8. The topological polar surface area (TPSA) is 65.1 Å². The van der Waals surface area contributed by atoms with Crippen LogP contribution in [0.1, 0.15) is 54.4 Å². The maximum atomic E-state index is 12.8. The lowest BCUT2D eigenvalue weighted by atomic mass is 9.85. The number of cyclic esters (lactones) is 1. The smallest absolute Gasteiger partial charge is 0.416 e. The number of hydrogen-bond acceptors (Lipinski definition) is 5. The third-order valence-electron chi connectivity index (χ3n) is 5.20. The first-order chi connectivity index (χ1) is 11.7. The van der Waals surface area contributed by atoms with Crippen LogP contribution in [-0.4, -0.2) is 49.6 Å². The van der Waals surface area contributed by atoms with E-state index in [0.717, 1.165) is 6.42 Å². The van der Waals surface area contributed by atoms with E-state index in [0.29, 0.717) is 12.3 Å². The molecular weight excluding hydrogens is 322 g/mol. The molecular formula is C19H35NO5. The van der Waals surface area contributed by atoms with Crippen molar-refractivity contribution in [3.8, 4) is 0 Å². The molecule has 146 valence electrons. The van der Waals surface area contributed by atoms with E-state index in [1.165, 1.54) is 4.90 Å². The molecule has 0 aromatic rings. The maximum absolute atomic E-state index is 12.8. The van der Waals surface area contributed by atoms with Crippen LogP contribution in [0, 0.1) is 23.7 Å². The molecule has 2 amide bonds. The Morgan fingerprint density at radius 1 is 1.24 bits per heavy atom. The lowest BCUT2D eigenvalue weighted by Gasteiger charge is -2.31. The minimum Gasteiger partial charge on any atom is -0.447 e. The Labute approximate surface area is 152 Å². The molecule has 25 heavy (non-hydrogen) atoms. The second kappa shape index (κ2) is 10.1. The first-order valence-corrected chi connectivity index (χ1v) is 9.34. The summed E-state index contributed by atoms with van der Waals surface area (Å²) in [6, 6.07) is -0.173. The first-order valence-electron chi connectivity index (χ1n) is 9.34. The molecule has 0 N–H and O–H groups in total. The average Bonchev–Trinajstić information content (AvgIpc) is 2.95. The fraction of sp³-hybridized carbons (Fsp3) is 0.895. The van der Waals surface area contributed by atoms with Crippen molar-refractivity contribution in [1.82, 2.24) is 4.90 Å². The molecule has 6 heteroatoms. The molecule has 0 saturated carbocycles. The van der Waals surface area contributed by atoms with Crippen LogP contribution in [-0.2, 0) is 19.0 Å². The van der Waals surface area contributed by atoms with Crippen LogP contribution < -0.4 is 0 Å². The number of carbonyl (C=O) groups is 2. The van der Waals surface area contributed by atoms with Gasteiger partial charge in [-0.05, 0) is 24.2 Å². The van der Waals surface area contributed by atoms with Crippen LogP contribution in [0.5, 0.6) is 0 Å². The van der Waals surface area contributed by atoms with Gasteiger partial charge in [-0.15, -0.1) is 0 Å². The van der Waals surface area contributed by atoms with Crippen LogP contribution in [0.2, 0.25) is 0 Å². The second-order valence-corrected chi connectivity index (χ2v) is 7.63. The van der Waals surface area contributed by atoms with E-state index in [1.807, 2.05) is 20.8 Å². The number of hydrogen-bond donors (Lipinski definition) is 0. The molecule has 1 fully saturated rings. The zero-order chi connectivity index (χ0) is 19.1. The predicted molar refractivity (Wildman–Crippen MR) is 96.0 cm³/mol. The highest BCUT2D eigenvalue weighted by atomic mass is 16.7. The van der Waals surface area contributed by atoms with Crippen LogP contribution >= 0.6 is 0 Å². The summed E-state index contributed by atoms with van der Waals surface area (Å²) in [6.07, 6.45) is 1.16. The summed E-state index contributed by atoms with van der Waals surface area (Å²) in [4.78, 5) is 26.1. The third-order valence-corrected chi connectivity index (χ3v) is 5.20. The first kappa shape index (κ1) is 21.9. The molecule has 6 nitrogen and oxygen atoms in total. The van der Waals surface area contributed by atoms with Gasteiger partial charge in [0.2, 0.25) is 5.91 Å². The Bertz CT molecular complexity index is 440. The van der Waals surface area contributed by atoms with Crippen molar-refractivity contribution in [2.75, 3.05) is 20.5 Å². The van der Waals surface area contributed by atoms with E-state index in [4.69, 9.17) is 14.2 Å². The molecule has 1 aliphatic heterocycles. The Kier molecular flexibility index (Phi) is 8.86. The molecule has 1 heterocycles. The number of methoxy groups -OCH3 is 1. The zero-order valence-corrected chi connectivity index (χ0v) is 16.8. The zero-order valence-electron chi connectivity index (χ0n) is 16.8. The standard InChI is InChI=1S/C19H35NO5/c1-8-13(4)17(25-11-23-7)14(5)9-15(6)18(21)20-16(12(2)3)10-24-19(20)22/h12-17H,8-11H2,1-7H3/t13-,14+,15?,16-,17-/m1/s1. The molecule has 5 atom stereocenters. The quantitative estimate of drug-likeness (QED) is 0.558. The van der Waals surface area contributed by atoms with Crippen LogP contribution in [0.25, 0.3) is 0 Å². The van der Waals surface area contributed by atoms with Crippen molar-refractivity contribution in [2.24, 2.45) is 23.7 Å². The molecule has 1 rings (SSSR count). The number of rotatable bonds is 10. The molecule has 0 bridgehead atoms. The fourth-order valence-corrected chi connectivity index (χ4v) is 3.48. The average molecular weight is 357 g/mol. The summed E-state index contributed by atoms with van der Waals surface area (Å²) in [5, 5.41) is 0. The summed E-state index contributed by atoms with van der Waals surface area (Å²) >= 11 is 0. The summed E-state index contributed by atoms with van der Waals surface area (Å²) in [5.41, 5.74) is 0. The van der Waals surface area contributed by atoms with E-state index < -0.39 is 6.09 Å². The predicted octanol–water partition coefficient (Wildman–Crippen LogP) is 3.69. The summed E-state index contributed by atoms with van der Waals surface area (Å²) < 4.78 is 16.0. The van der Waals surface area contributed by atoms with Crippen molar-refractivity contribution < 1.29 is 23.8 Å². The highest BCUT2D eigenvalue weighted by Crippen LogP contribution is 2.28. The summed E-state index contributed by atoms with van der Waals surface area (Å²) in [5.74, 6) is 0.313. The van der Waals surface area contributed by atoms with Gasteiger partial charge >= 0.3 is 6.09 Å². The molecule has 1 aliphatic rings. The molecule has 1 saturated heterocycles. The van der Waals surface area contributed by atoms with Gasteiger partial charge in [-0.25, -0.2) is 9.69 Å². The van der Waals surface area contributed by atoms with Crippen molar-refractivity contribution >= 4 is 12.0 Å². The monoisotopic (exact) mass is 357 g/mol. The minimum atomic E-state index is -0.516. The van der Waals surface area contributed by atoms with Crippen molar-refractivity contribution in [3.63, 3.8) is 0 Å². The molecule has 0 aromatic carbocycles. The van der Waals surface area contributed by atoms with Gasteiger partial charge in [0.25, 0.3) is 0 Å². The molecule has 0 spiro atoms. The second-order valence-electron chi connectivity index (χ2n) is 7.63. The molecule has 0 radical (unpaired) electrons. The van der Waals surface area contributed by atoms with Gasteiger partial charge in [-0.3, -0.25) is 4.79 Å². The van der Waals surface area contributed by atoms with Crippen LogP contribution in [0.3, 0.4) is 0 Å². The number of amides is 2. The molecule has 0 aliphatic carbocycles.